The Kier molecular flexibility index (Phi) is 7.12. The lowest BCUT2D eigenvalue weighted by molar-refractivity contribution is -0.118. The standard InChI is InChI=1S/C23H27N5O2S/c1-5-28-21(16-10-12-18(13-11-16)23(2,3)4)26-27-22(28)31-15-20(30)25-24-14-17-8-6-7-9-19(17)29/h6-14,29H,5,15H2,1-4H3,(H,25,30). The number of para-hydroxylation sites is 1. The number of aromatic hydroxyl groups is 1. The number of nitrogens with zero attached hydrogens (tertiary/aromatic N) is 4. The summed E-state index contributed by atoms with van der Waals surface area (Å²) in [5, 5.41) is 22.9. The molecule has 0 aliphatic carbocycles. The lowest BCUT2D eigenvalue weighted by Gasteiger charge is -2.19. The van der Waals surface area contributed by atoms with E-state index < -0.39 is 0 Å². The van der Waals surface area contributed by atoms with Crippen molar-refractivity contribution in [1.29, 1.82) is 0 Å². The molecule has 31 heavy (non-hydrogen) atoms. The van der Waals surface area contributed by atoms with Gasteiger partial charge in [-0.15, -0.1) is 10.2 Å². The van der Waals surface area contributed by atoms with Gasteiger partial charge in [0.15, 0.2) is 11.0 Å². The van der Waals surface area contributed by atoms with Gasteiger partial charge < -0.3 is 9.67 Å². The number of thioether (sulfide) groups is 1. The van der Waals surface area contributed by atoms with Gasteiger partial charge in [0.2, 0.25) is 0 Å². The van der Waals surface area contributed by atoms with Crippen LogP contribution in [0.5, 0.6) is 5.75 Å². The SMILES string of the molecule is CCn1c(SCC(=O)NN=Cc2ccccc2O)nnc1-c1ccc(C(C)(C)C)cc1. The molecular formula is C23H27N5O2S. The molecule has 0 saturated heterocycles. The number of hydrogen-bond acceptors (Lipinski definition) is 6. The number of amides is 1. The zero-order valence-electron chi connectivity index (χ0n) is 18.2. The topological polar surface area (TPSA) is 92.4 Å². The number of hydrazone groups is 1. The molecule has 7 nitrogen and oxygen atoms in total. The lowest BCUT2D eigenvalue weighted by atomic mass is 9.87. The Morgan fingerprint density at radius 1 is 1.16 bits per heavy atom. The number of carbonyl (C=O) groups is 1. The molecule has 2 N–H and O–H groups in total. The average molecular weight is 438 g/mol. The Morgan fingerprint density at radius 2 is 1.87 bits per heavy atom. The highest BCUT2D eigenvalue weighted by Crippen LogP contribution is 2.27. The molecule has 0 fully saturated rings. The molecular weight excluding hydrogens is 410 g/mol. The highest BCUT2D eigenvalue weighted by atomic mass is 32.2. The maximum atomic E-state index is 12.1. The van der Waals surface area contributed by atoms with E-state index in [1.54, 1.807) is 24.3 Å². The molecule has 3 aromatic rings. The molecule has 0 spiro atoms. The summed E-state index contributed by atoms with van der Waals surface area (Å²) in [6.07, 6.45) is 1.41. The second-order valence-electron chi connectivity index (χ2n) is 8.02. The highest BCUT2D eigenvalue weighted by molar-refractivity contribution is 7.99. The van der Waals surface area contributed by atoms with Gasteiger partial charge >= 0.3 is 0 Å². The van der Waals surface area contributed by atoms with E-state index in [4.69, 9.17) is 0 Å². The largest absolute Gasteiger partial charge is 0.507 e. The molecule has 0 unspecified atom stereocenters. The molecule has 1 heterocycles. The molecule has 3 rings (SSSR count). The lowest BCUT2D eigenvalue weighted by Crippen LogP contribution is -2.20. The zero-order chi connectivity index (χ0) is 22.4. The first-order valence-corrected chi connectivity index (χ1v) is 11.0. The van der Waals surface area contributed by atoms with Crippen molar-refractivity contribution in [3.63, 3.8) is 0 Å². The van der Waals surface area contributed by atoms with Crippen molar-refractivity contribution in [1.82, 2.24) is 20.2 Å². The van der Waals surface area contributed by atoms with E-state index in [9.17, 15) is 9.90 Å². The predicted molar refractivity (Wildman–Crippen MR) is 124 cm³/mol. The fraction of sp³-hybridized carbons (Fsp3) is 0.304. The Bertz CT molecular complexity index is 1070. The third kappa shape index (κ3) is 5.73. The molecule has 2 aromatic carbocycles. The van der Waals surface area contributed by atoms with Gasteiger partial charge in [0.25, 0.3) is 5.91 Å². The van der Waals surface area contributed by atoms with Crippen LogP contribution >= 0.6 is 11.8 Å². The monoisotopic (exact) mass is 437 g/mol. The molecule has 0 bridgehead atoms. The van der Waals surface area contributed by atoms with Crippen LogP contribution in [-0.2, 0) is 16.8 Å². The van der Waals surface area contributed by atoms with Crippen LogP contribution in [0.2, 0.25) is 0 Å². The van der Waals surface area contributed by atoms with Gasteiger partial charge in [-0.1, -0.05) is 68.9 Å². The van der Waals surface area contributed by atoms with Crippen LogP contribution in [0.15, 0.2) is 58.8 Å². The first kappa shape index (κ1) is 22.6. The number of rotatable bonds is 7. The number of phenols is 1. The second kappa shape index (κ2) is 9.78. The van der Waals surface area contributed by atoms with Gasteiger partial charge in [0.05, 0.1) is 12.0 Å². The van der Waals surface area contributed by atoms with E-state index in [1.807, 2.05) is 11.5 Å². The average Bonchev–Trinajstić information content (AvgIpc) is 3.16. The van der Waals surface area contributed by atoms with E-state index in [0.717, 1.165) is 11.4 Å². The van der Waals surface area contributed by atoms with Gasteiger partial charge in [0.1, 0.15) is 5.75 Å². The number of hydrogen-bond donors (Lipinski definition) is 2. The quantitative estimate of drug-likeness (QED) is 0.328. The van der Waals surface area contributed by atoms with Crippen LogP contribution in [0.3, 0.4) is 0 Å². The molecule has 162 valence electrons. The van der Waals surface area contributed by atoms with Crippen LogP contribution in [0.4, 0.5) is 0 Å². The maximum absolute atomic E-state index is 12.1. The number of carbonyl (C=O) groups excluding carboxylic acids is 1. The third-order valence-corrected chi connectivity index (χ3v) is 5.67. The molecule has 0 aliphatic rings. The predicted octanol–water partition coefficient (Wildman–Crippen LogP) is 4.21. The maximum Gasteiger partial charge on any atom is 0.250 e. The van der Waals surface area contributed by atoms with E-state index in [0.29, 0.717) is 17.3 Å². The molecule has 8 heteroatoms. The highest BCUT2D eigenvalue weighted by Gasteiger charge is 2.17. The first-order valence-electron chi connectivity index (χ1n) is 10.1. The summed E-state index contributed by atoms with van der Waals surface area (Å²) < 4.78 is 2.00. The van der Waals surface area contributed by atoms with Crippen molar-refractivity contribution in [3.8, 4) is 17.1 Å². The summed E-state index contributed by atoms with van der Waals surface area (Å²) in [5.74, 6) is 0.773. The Balaban J connectivity index is 1.63. The molecule has 0 radical (unpaired) electrons. The Morgan fingerprint density at radius 3 is 2.52 bits per heavy atom. The Labute approximate surface area is 186 Å². The first-order chi connectivity index (χ1) is 14.8. The van der Waals surface area contributed by atoms with Crippen LogP contribution < -0.4 is 5.43 Å². The minimum Gasteiger partial charge on any atom is -0.507 e. The smallest absolute Gasteiger partial charge is 0.250 e. The zero-order valence-corrected chi connectivity index (χ0v) is 19.0. The summed E-state index contributed by atoms with van der Waals surface area (Å²) in [6.45, 7) is 9.27. The van der Waals surface area contributed by atoms with Crippen molar-refractivity contribution in [2.24, 2.45) is 5.10 Å². The van der Waals surface area contributed by atoms with Crippen molar-refractivity contribution < 1.29 is 9.90 Å². The minimum absolute atomic E-state index is 0.0903. The van der Waals surface area contributed by atoms with Gasteiger partial charge in [-0.05, 0) is 30.0 Å². The van der Waals surface area contributed by atoms with Gasteiger partial charge in [-0.25, -0.2) is 5.43 Å². The Hall–Kier alpha value is -3.13. The summed E-state index contributed by atoms with van der Waals surface area (Å²) in [4.78, 5) is 12.1. The van der Waals surface area contributed by atoms with E-state index >= 15 is 0 Å². The summed E-state index contributed by atoms with van der Waals surface area (Å²) in [5.41, 5.74) is 5.34. The molecule has 1 aromatic heterocycles. The minimum atomic E-state index is -0.265. The van der Waals surface area contributed by atoms with E-state index in [2.05, 4.69) is 65.8 Å². The van der Waals surface area contributed by atoms with Crippen molar-refractivity contribution in [2.45, 2.75) is 44.8 Å². The fourth-order valence-electron chi connectivity index (χ4n) is 2.95. The second-order valence-corrected chi connectivity index (χ2v) is 8.96. The van der Waals surface area contributed by atoms with Crippen LogP contribution in [0.25, 0.3) is 11.4 Å². The van der Waals surface area contributed by atoms with Crippen molar-refractivity contribution in [2.75, 3.05) is 5.75 Å². The number of benzene rings is 2. The number of nitrogens with one attached hydrogen (secondary N) is 1. The van der Waals surface area contributed by atoms with Crippen LogP contribution in [0, 0.1) is 0 Å². The van der Waals surface area contributed by atoms with Gasteiger partial charge in [0, 0.05) is 17.7 Å². The number of aromatic nitrogens is 3. The van der Waals surface area contributed by atoms with Crippen LogP contribution in [-0.4, -0.2) is 37.7 Å². The fourth-order valence-corrected chi connectivity index (χ4v) is 3.74. The summed E-state index contributed by atoms with van der Waals surface area (Å²) in [6, 6.07) is 15.1. The molecule has 0 aliphatic heterocycles. The summed E-state index contributed by atoms with van der Waals surface area (Å²) in [7, 11) is 0. The van der Waals surface area contributed by atoms with Crippen molar-refractivity contribution in [3.05, 3.63) is 59.7 Å². The van der Waals surface area contributed by atoms with Crippen molar-refractivity contribution >= 4 is 23.9 Å². The van der Waals surface area contributed by atoms with Gasteiger partial charge in [-0.3, -0.25) is 4.79 Å². The van der Waals surface area contributed by atoms with E-state index in [1.165, 1.54) is 23.5 Å². The van der Waals surface area contributed by atoms with Gasteiger partial charge in [-0.2, -0.15) is 5.10 Å². The molecule has 1 amide bonds. The van der Waals surface area contributed by atoms with E-state index in [-0.39, 0.29) is 22.8 Å². The molecule has 0 saturated carbocycles. The summed E-state index contributed by atoms with van der Waals surface area (Å²) >= 11 is 1.31. The molecule has 0 atom stereocenters. The van der Waals surface area contributed by atoms with Crippen LogP contribution in [0.1, 0.15) is 38.8 Å². The third-order valence-electron chi connectivity index (χ3n) is 4.70. The number of phenolic OH excluding ortho intramolecular Hbond substituents is 1. The normalized spacial score (nSPS) is 11.7.